The van der Waals surface area contributed by atoms with E-state index in [1.54, 1.807) is 0 Å². The molecule has 1 saturated carbocycles. The molecule has 21 heavy (non-hydrogen) atoms. The zero-order chi connectivity index (χ0) is 15.1. The minimum Gasteiger partial charge on any atom is -0.368 e. The Balaban J connectivity index is 1.56. The number of likely N-dealkylation sites (tertiary alicyclic amines) is 1. The summed E-state index contributed by atoms with van der Waals surface area (Å²) in [4.78, 5) is 14.7. The van der Waals surface area contributed by atoms with Gasteiger partial charge in [-0.2, -0.15) is 0 Å². The molecule has 0 spiro atoms. The maximum Gasteiger partial charge on any atom is 0.248 e. The van der Waals surface area contributed by atoms with Crippen LogP contribution in [0.2, 0.25) is 0 Å². The number of hydrogen-bond acceptors (Lipinski definition) is 3. The predicted molar refractivity (Wildman–Crippen MR) is 83.1 cm³/mol. The van der Waals surface area contributed by atoms with E-state index in [4.69, 9.17) is 4.74 Å². The van der Waals surface area contributed by atoms with Gasteiger partial charge in [-0.15, -0.1) is 0 Å². The third-order valence-corrected chi connectivity index (χ3v) is 5.46. The summed E-state index contributed by atoms with van der Waals surface area (Å²) in [6.45, 7) is 10.3. The van der Waals surface area contributed by atoms with Gasteiger partial charge >= 0.3 is 0 Å². The minimum absolute atomic E-state index is 0.208. The molecule has 1 aliphatic carbocycles. The summed E-state index contributed by atoms with van der Waals surface area (Å²) in [5.74, 6) is 0.208. The molecule has 1 N–H and O–H groups in total. The van der Waals surface area contributed by atoms with E-state index in [-0.39, 0.29) is 18.6 Å². The van der Waals surface area contributed by atoms with E-state index in [1.807, 2.05) is 0 Å². The second-order valence-corrected chi connectivity index (χ2v) is 8.50. The van der Waals surface area contributed by atoms with Crippen LogP contribution in [0.1, 0.15) is 52.9 Å². The number of carbonyl (C=O) groups is 1. The van der Waals surface area contributed by atoms with Gasteiger partial charge in [-0.05, 0) is 56.0 Å². The monoisotopic (exact) mass is 294 g/mol. The second-order valence-electron chi connectivity index (χ2n) is 8.50. The van der Waals surface area contributed by atoms with Crippen LogP contribution in [0.3, 0.4) is 0 Å². The van der Waals surface area contributed by atoms with E-state index in [0.29, 0.717) is 16.9 Å². The molecular formula is C17H30N2O2. The van der Waals surface area contributed by atoms with Crippen LogP contribution in [-0.2, 0) is 9.53 Å². The normalized spacial score (nSPS) is 36.0. The molecule has 3 aliphatic rings. The topological polar surface area (TPSA) is 41.6 Å². The van der Waals surface area contributed by atoms with E-state index >= 15 is 0 Å². The number of ether oxygens (including phenoxy) is 1. The molecule has 2 atom stereocenters. The van der Waals surface area contributed by atoms with E-state index in [1.165, 1.54) is 12.8 Å². The lowest BCUT2D eigenvalue weighted by Crippen LogP contribution is -2.41. The lowest BCUT2D eigenvalue weighted by atomic mass is 9.65. The second kappa shape index (κ2) is 5.54. The number of piperidine rings is 1. The third kappa shape index (κ3) is 3.42. The average Bonchev–Trinajstić information content (AvgIpc) is 2.66. The summed E-state index contributed by atoms with van der Waals surface area (Å²) in [5.41, 5.74) is 0.680. The zero-order valence-corrected chi connectivity index (χ0v) is 13.8. The highest BCUT2D eigenvalue weighted by Gasteiger charge is 2.50. The molecule has 2 saturated heterocycles. The number of amides is 1. The molecule has 0 aromatic carbocycles. The highest BCUT2D eigenvalue weighted by molar-refractivity contribution is 5.78. The Bertz CT molecular complexity index is 404. The van der Waals surface area contributed by atoms with Crippen LogP contribution in [0.15, 0.2) is 0 Å². The van der Waals surface area contributed by atoms with Crippen molar-refractivity contribution in [2.45, 2.75) is 65.0 Å². The number of nitrogens with zero attached hydrogens (tertiary/aromatic N) is 1. The largest absolute Gasteiger partial charge is 0.368 e. The summed E-state index contributed by atoms with van der Waals surface area (Å²) in [7, 11) is 0. The maximum absolute atomic E-state index is 12.6. The zero-order valence-electron chi connectivity index (χ0n) is 13.8. The van der Waals surface area contributed by atoms with Gasteiger partial charge in [0, 0.05) is 12.6 Å². The van der Waals surface area contributed by atoms with E-state index in [2.05, 4.69) is 31.0 Å². The van der Waals surface area contributed by atoms with Gasteiger partial charge in [0.1, 0.15) is 6.61 Å². The van der Waals surface area contributed by atoms with Crippen molar-refractivity contribution in [3.05, 3.63) is 0 Å². The molecule has 0 radical (unpaired) electrons. The Labute approximate surface area is 128 Å². The van der Waals surface area contributed by atoms with Gasteiger partial charge in [0.15, 0.2) is 0 Å². The first-order valence-corrected chi connectivity index (χ1v) is 8.49. The third-order valence-electron chi connectivity index (χ3n) is 5.46. The van der Waals surface area contributed by atoms with Gasteiger partial charge < -0.3 is 15.0 Å². The molecule has 1 amide bonds. The Morgan fingerprint density at radius 2 is 1.95 bits per heavy atom. The SMILES string of the molecule is CC1(C)CC2CC(C)(CN2C(=O)COC2CCNCC2)C1. The first-order valence-electron chi connectivity index (χ1n) is 8.49. The standard InChI is InChI=1S/C17H30N2O2/c1-16(2)8-13-9-17(3,11-16)12-19(13)15(20)10-21-14-4-6-18-7-5-14/h13-14,18H,4-12H2,1-3H3. The first-order chi connectivity index (χ1) is 9.87. The number of fused-ring (bicyclic) bond motifs is 2. The van der Waals surface area contributed by atoms with Gasteiger partial charge in [-0.25, -0.2) is 0 Å². The molecule has 120 valence electrons. The van der Waals surface area contributed by atoms with Crippen LogP contribution in [0.5, 0.6) is 0 Å². The summed E-state index contributed by atoms with van der Waals surface area (Å²) in [5, 5.41) is 3.33. The van der Waals surface area contributed by atoms with E-state index < -0.39 is 0 Å². The summed E-state index contributed by atoms with van der Waals surface area (Å²) < 4.78 is 5.86. The lowest BCUT2D eigenvalue weighted by molar-refractivity contribution is -0.139. The summed E-state index contributed by atoms with van der Waals surface area (Å²) in [6, 6.07) is 0.433. The minimum atomic E-state index is 0.208. The Hall–Kier alpha value is -0.610. The molecule has 2 bridgehead atoms. The van der Waals surface area contributed by atoms with Gasteiger partial charge in [0.05, 0.1) is 6.10 Å². The van der Waals surface area contributed by atoms with Gasteiger partial charge in [0.2, 0.25) is 5.91 Å². The summed E-state index contributed by atoms with van der Waals surface area (Å²) in [6.07, 6.45) is 5.87. The number of nitrogens with one attached hydrogen (secondary N) is 1. The van der Waals surface area contributed by atoms with Crippen molar-refractivity contribution in [3.63, 3.8) is 0 Å². The van der Waals surface area contributed by atoms with Crippen LogP contribution in [0, 0.1) is 10.8 Å². The molecule has 2 aliphatic heterocycles. The van der Waals surface area contributed by atoms with Crippen molar-refractivity contribution < 1.29 is 9.53 Å². The average molecular weight is 294 g/mol. The maximum atomic E-state index is 12.6. The van der Waals surface area contributed by atoms with Crippen LogP contribution in [-0.4, -0.2) is 49.2 Å². The molecule has 4 nitrogen and oxygen atoms in total. The van der Waals surface area contributed by atoms with Crippen LogP contribution >= 0.6 is 0 Å². The van der Waals surface area contributed by atoms with Crippen molar-refractivity contribution in [2.24, 2.45) is 10.8 Å². The molecule has 0 aromatic rings. The molecule has 0 aromatic heterocycles. The van der Waals surface area contributed by atoms with Crippen molar-refractivity contribution in [3.8, 4) is 0 Å². The molecule has 4 heteroatoms. The number of rotatable bonds is 3. The Morgan fingerprint density at radius 1 is 1.24 bits per heavy atom. The highest BCUT2D eigenvalue weighted by atomic mass is 16.5. The molecule has 2 unspecified atom stereocenters. The van der Waals surface area contributed by atoms with Crippen LogP contribution in [0.4, 0.5) is 0 Å². The van der Waals surface area contributed by atoms with E-state index in [9.17, 15) is 4.79 Å². The van der Waals surface area contributed by atoms with Crippen molar-refractivity contribution in [1.29, 1.82) is 0 Å². The van der Waals surface area contributed by atoms with Crippen molar-refractivity contribution in [1.82, 2.24) is 10.2 Å². The van der Waals surface area contributed by atoms with Gasteiger partial charge in [-0.1, -0.05) is 20.8 Å². The lowest BCUT2D eigenvalue weighted by Gasteiger charge is -2.39. The Morgan fingerprint density at radius 3 is 2.67 bits per heavy atom. The van der Waals surface area contributed by atoms with Gasteiger partial charge in [-0.3, -0.25) is 4.79 Å². The fourth-order valence-electron chi connectivity index (χ4n) is 4.99. The smallest absolute Gasteiger partial charge is 0.248 e. The van der Waals surface area contributed by atoms with Crippen molar-refractivity contribution in [2.75, 3.05) is 26.2 Å². The van der Waals surface area contributed by atoms with Crippen molar-refractivity contribution >= 4 is 5.91 Å². The fraction of sp³-hybridized carbons (Fsp3) is 0.941. The summed E-state index contributed by atoms with van der Waals surface area (Å²) >= 11 is 0. The molecule has 3 fully saturated rings. The quantitative estimate of drug-likeness (QED) is 0.867. The van der Waals surface area contributed by atoms with Crippen LogP contribution < -0.4 is 5.32 Å². The molecule has 3 rings (SSSR count). The Kier molecular flexibility index (Phi) is 4.04. The van der Waals surface area contributed by atoms with Crippen LogP contribution in [0.25, 0.3) is 0 Å². The number of carbonyl (C=O) groups excluding carboxylic acids is 1. The molecule has 2 heterocycles. The fourth-order valence-corrected chi connectivity index (χ4v) is 4.99. The van der Waals surface area contributed by atoms with Gasteiger partial charge in [0.25, 0.3) is 0 Å². The first kappa shape index (κ1) is 15.3. The highest BCUT2D eigenvalue weighted by Crippen LogP contribution is 2.52. The van der Waals surface area contributed by atoms with E-state index in [0.717, 1.165) is 38.9 Å². The number of hydrogen-bond donors (Lipinski definition) is 1. The molecular weight excluding hydrogens is 264 g/mol. The predicted octanol–water partition coefficient (Wildman–Crippen LogP) is 2.18.